The number of hydrogen-bond acceptors (Lipinski definition) is 4. The molecular weight excluding hydrogens is 268 g/mol. The first-order valence-electron chi connectivity index (χ1n) is 6.88. The molecule has 0 aliphatic heterocycles. The molecule has 2 aromatic rings. The van der Waals surface area contributed by atoms with Crippen LogP contribution in [0, 0.1) is 0 Å². The number of benzene rings is 1. The van der Waals surface area contributed by atoms with Gasteiger partial charge in [0.15, 0.2) is 5.78 Å². The van der Waals surface area contributed by atoms with Crippen molar-refractivity contribution in [2.75, 3.05) is 7.11 Å². The summed E-state index contributed by atoms with van der Waals surface area (Å²) < 4.78 is 6.07. The van der Waals surface area contributed by atoms with Crippen LogP contribution in [0.4, 0.5) is 0 Å². The molecule has 0 bridgehead atoms. The molecule has 0 saturated carbocycles. The molecule has 0 aliphatic rings. The molecule has 5 nitrogen and oxygen atoms in total. The van der Waals surface area contributed by atoms with E-state index >= 15 is 0 Å². The first-order chi connectivity index (χ1) is 10.1. The van der Waals surface area contributed by atoms with Gasteiger partial charge in [-0.05, 0) is 12.0 Å². The summed E-state index contributed by atoms with van der Waals surface area (Å²) in [5.41, 5.74) is 1.45. The lowest BCUT2D eigenvalue weighted by Crippen LogP contribution is -2.26. The zero-order valence-corrected chi connectivity index (χ0v) is 12.2. The summed E-state index contributed by atoms with van der Waals surface area (Å²) in [5, 5.41) is 3.96. The van der Waals surface area contributed by atoms with Crippen LogP contribution in [0.5, 0.6) is 5.88 Å². The van der Waals surface area contributed by atoms with Crippen molar-refractivity contribution in [1.82, 2.24) is 9.78 Å². The van der Waals surface area contributed by atoms with E-state index in [0.29, 0.717) is 11.4 Å². The minimum Gasteiger partial charge on any atom is -0.480 e. The van der Waals surface area contributed by atoms with Crippen molar-refractivity contribution in [1.29, 1.82) is 0 Å². The zero-order valence-electron chi connectivity index (χ0n) is 12.2. The van der Waals surface area contributed by atoms with Crippen molar-refractivity contribution in [2.24, 2.45) is 0 Å². The molecule has 5 heteroatoms. The summed E-state index contributed by atoms with van der Waals surface area (Å²) in [7, 11) is 1.46. The Bertz CT molecular complexity index is 675. The second-order valence-corrected chi connectivity index (χ2v) is 4.74. The van der Waals surface area contributed by atoms with Crippen LogP contribution >= 0.6 is 0 Å². The molecule has 0 radical (unpaired) electrons. The van der Waals surface area contributed by atoms with Crippen LogP contribution in [0.15, 0.2) is 41.2 Å². The average Bonchev–Trinajstić information content (AvgIpc) is 2.50. The topological polar surface area (TPSA) is 61.2 Å². The maximum Gasteiger partial charge on any atom is 0.267 e. The summed E-state index contributed by atoms with van der Waals surface area (Å²) in [6, 6.07) is 10.3. The highest BCUT2D eigenvalue weighted by Gasteiger charge is 2.09. The van der Waals surface area contributed by atoms with E-state index < -0.39 is 0 Å². The van der Waals surface area contributed by atoms with Crippen LogP contribution in [0.3, 0.4) is 0 Å². The minimum absolute atomic E-state index is 0.0941. The van der Waals surface area contributed by atoms with Crippen molar-refractivity contribution < 1.29 is 9.53 Å². The normalized spacial score (nSPS) is 10.4. The zero-order chi connectivity index (χ0) is 15.2. The van der Waals surface area contributed by atoms with Gasteiger partial charge in [0, 0.05) is 17.7 Å². The van der Waals surface area contributed by atoms with Gasteiger partial charge in [-0.3, -0.25) is 9.59 Å². The molecule has 0 amide bonds. The highest BCUT2D eigenvalue weighted by atomic mass is 16.5. The highest BCUT2D eigenvalue weighted by molar-refractivity contribution is 5.95. The second-order valence-electron chi connectivity index (χ2n) is 4.74. The Morgan fingerprint density at radius 1 is 1.19 bits per heavy atom. The van der Waals surface area contributed by atoms with E-state index in [0.717, 1.165) is 17.5 Å². The standard InChI is InChI=1S/C16H18N2O3/c1-3-4-12-5-7-13(8-6-12)14(19)11-18-16(20)10-9-15(17-18)21-2/h5-10H,3-4,11H2,1-2H3. The number of methoxy groups -OCH3 is 1. The van der Waals surface area contributed by atoms with Gasteiger partial charge in [0.25, 0.3) is 5.56 Å². The van der Waals surface area contributed by atoms with Crippen molar-refractivity contribution in [2.45, 2.75) is 26.3 Å². The molecule has 0 fully saturated rings. The number of nitrogens with zero attached hydrogens (tertiary/aromatic N) is 2. The first-order valence-corrected chi connectivity index (χ1v) is 6.88. The third-order valence-corrected chi connectivity index (χ3v) is 3.16. The van der Waals surface area contributed by atoms with Gasteiger partial charge >= 0.3 is 0 Å². The van der Waals surface area contributed by atoms with Crippen LogP contribution in [0.25, 0.3) is 0 Å². The molecule has 110 valence electrons. The number of ether oxygens (including phenoxy) is 1. The number of aryl methyl sites for hydroxylation is 1. The first kappa shape index (κ1) is 15.0. The Hall–Kier alpha value is -2.43. The Morgan fingerprint density at radius 3 is 2.52 bits per heavy atom. The van der Waals surface area contributed by atoms with Crippen LogP contribution in [-0.4, -0.2) is 22.7 Å². The predicted molar refractivity (Wildman–Crippen MR) is 79.8 cm³/mol. The van der Waals surface area contributed by atoms with Gasteiger partial charge in [-0.2, -0.15) is 0 Å². The SMILES string of the molecule is CCCc1ccc(C(=O)Cn2nc(OC)ccc2=O)cc1. The molecule has 0 N–H and O–H groups in total. The number of carbonyl (C=O) groups excluding carboxylic acids is 1. The number of Topliss-reactive ketones (excluding diaryl/α,β-unsaturated/α-hetero) is 1. The predicted octanol–water partition coefficient (Wildman–Crippen LogP) is 2.09. The summed E-state index contributed by atoms with van der Waals surface area (Å²) in [6.07, 6.45) is 2.06. The maximum absolute atomic E-state index is 12.2. The fraction of sp³-hybridized carbons (Fsp3) is 0.312. The Morgan fingerprint density at radius 2 is 1.90 bits per heavy atom. The van der Waals surface area contributed by atoms with E-state index in [9.17, 15) is 9.59 Å². The summed E-state index contributed by atoms with van der Waals surface area (Å²) in [4.78, 5) is 23.9. The van der Waals surface area contributed by atoms with Gasteiger partial charge in [-0.15, -0.1) is 5.10 Å². The van der Waals surface area contributed by atoms with E-state index in [2.05, 4.69) is 12.0 Å². The molecule has 1 aromatic carbocycles. The fourth-order valence-corrected chi connectivity index (χ4v) is 2.03. The monoisotopic (exact) mass is 286 g/mol. The summed E-state index contributed by atoms with van der Waals surface area (Å²) >= 11 is 0. The van der Waals surface area contributed by atoms with Gasteiger partial charge in [-0.25, -0.2) is 4.68 Å². The van der Waals surface area contributed by atoms with Gasteiger partial charge in [0.1, 0.15) is 6.54 Å². The number of rotatable bonds is 6. The smallest absolute Gasteiger partial charge is 0.267 e. The van der Waals surface area contributed by atoms with Crippen molar-refractivity contribution >= 4 is 5.78 Å². The summed E-state index contributed by atoms with van der Waals surface area (Å²) in [6.45, 7) is 2.02. The van der Waals surface area contributed by atoms with E-state index in [1.807, 2.05) is 12.1 Å². The number of carbonyl (C=O) groups is 1. The molecular formula is C16H18N2O3. The molecule has 0 saturated heterocycles. The Kier molecular flexibility index (Phi) is 4.87. The average molecular weight is 286 g/mol. The second kappa shape index (κ2) is 6.83. The molecule has 1 aromatic heterocycles. The van der Waals surface area contributed by atoms with Crippen molar-refractivity contribution in [3.8, 4) is 5.88 Å². The number of aromatic nitrogens is 2. The number of ketones is 1. The van der Waals surface area contributed by atoms with Gasteiger partial charge in [0.05, 0.1) is 7.11 Å². The van der Waals surface area contributed by atoms with Gasteiger partial charge in [0.2, 0.25) is 5.88 Å². The van der Waals surface area contributed by atoms with E-state index in [1.165, 1.54) is 24.8 Å². The van der Waals surface area contributed by atoms with Crippen LogP contribution in [0.2, 0.25) is 0 Å². The third-order valence-electron chi connectivity index (χ3n) is 3.16. The van der Waals surface area contributed by atoms with E-state index in [4.69, 9.17) is 4.74 Å². The van der Waals surface area contributed by atoms with E-state index in [-0.39, 0.29) is 17.9 Å². The van der Waals surface area contributed by atoms with Gasteiger partial charge < -0.3 is 4.74 Å². The summed E-state index contributed by atoms with van der Waals surface area (Å²) in [5.74, 6) is 0.154. The van der Waals surface area contributed by atoms with Gasteiger partial charge in [-0.1, -0.05) is 37.6 Å². The Labute approximate surface area is 123 Å². The molecule has 1 heterocycles. The quantitative estimate of drug-likeness (QED) is 0.763. The molecule has 21 heavy (non-hydrogen) atoms. The molecule has 2 rings (SSSR count). The third kappa shape index (κ3) is 3.78. The van der Waals surface area contributed by atoms with Crippen molar-refractivity contribution in [3.05, 3.63) is 57.9 Å². The lowest BCUT2D eigenvalue weighted by Gasteiger charge is -2.06. The maximum atomic E-state index is 12.2. The lowest BCUT2D eigenvalue weighted by atomic mass is 10.1. The minimum atomic E-state index is -0.327. The van der Waals surface area contributed by atoms with E-state index in [1.54, 1.807) is 12.1 Å². The number of hydrogen-bond donors (Lipinski definition) is 0. The fourth-order valence-electron chi connectivity index (χ4n) is 2.03. The largest absolute Gasteiger partial charge is 0.480 e. The molecule has 0 spiro atoms. The van der Waals surface area contributed by atoms with Crippen LogP contribution in [0.1, 0.15) is 29.3 Å². The molecule has 0 unspecified atom stereocenters. The Balaban J connectivity index is 2.15. The van der Waals surface area contributed by atoms with Crippen LogP contribution in [-0.2, 0) is 13.0 Å². The molecule has 0 atom stereocenters. The van der Waals surface area contributed by atoms with Crippen LogP contribution < -0.4 is 10.3 Å². The van der Waals surface area contributed by atoms with Crippen molar-refractivity contribution in [3.63, 3.8) is 0 Å². The molecule has 0 aliphatic carbocycles. The lowest BCUT2D eigenvalue weighted by molar-refractivity contribution is 0.0965. The highest BCUT2D eigenvalue weighted by Crippen LogP contribution is 2.08.